The van der Waals surface area contributed by atoms with Crippen LogP contribution < -0.4 is 0 Å². The molecule has 66 valence electrons. The summed E-state index contributed by atoms with van der Waals surface area (Å²) in [6, 6.07) is 1.90. The first-order chi connectivity index (χ1) is 5.59. The predicted octanol–water partition coefficient (Wildman–Crippen LogP) is 3.54. The lowest BCUT2D eigenvalue weighted by Gasteiger charge is -2.06. The van der Waals surface area contributed by atoms with Crippen molar-refractivity contribution in [1.82, 2.24) is 4.98 Å². The van der Waals surface area contributed by atoms with Gasteiger partial charge in [-0.05, 0) is 46.6 Å². The minimum atomic E-state index is 0.576. The zero-order valence-corrected chi connectivity index (χ0v) is 10.1. The topological polar surface area (TPSA) is 12.9 Å². The summed E-state index contributed by atoms with van der Waals surface area (Å²) in [6.07, 6.45) is 2.94. The molecule has 1 aromatic rings. The molecule has 1 aromatic heterocycles. The van der Waals surface area contributed by atoms with E-state index < -0.39 is 0 Å². The summed E-state index contributed by atoms with van der Waals surface area (Å²) in [5.41, 5.74) is 1.29. The Hall–Kier alpha value is 0.170. The van der Waals surface area contributed by atoms with Crippen molar-refractivity contribution in [3.05, 3.63) is 26.5 Å². The zero-order chi connectivity index (χ0) is 9.14. The number of aromatic nitrogens is 1. The molecule has 0 bridgehead atoms. The number of pyridine rings is 1. The summed E-state index contributed by atoms with van der Waals surface area (Å²) >= 11 is 8.03. The van der Waals surface area contributed by atoms with Gasteiger partial charge in [-0.1, -0.05) is 25.4 Å². The molecule has 0 aliphatic heterocycles. The van der Waals surface area contributed by atoms with Gasteiger partial charge in [-0.25, -0.2) is 4.98 Å². The van der Waals surface area contributed by atoms with Crippen molar-refractivity contribution in [3.8, 4) is 0 Å². The average Bonchev–Trinajstić information content (AvgIpc) is 1.94. The molecule has 0 saturated heterocycles. The van der Waals surface area contributed by atoms with Gasteiger partial charge in [0.15, 0.2) is 0 Å². The molecular formula is C9H11ClIN. The largest absolute Gasteiger partial charge is 0.244 e. The second kappa shape index (κ2) is 4.42. The lowest BCUT2D eigenvalue weighted by Crippen LogP contribution is -1.97. The molecule has 0 N–H and O–H groups in total. The van der Waals surface area contributed by atoms with E-state index >= 15 is 0 Å². The Morgan fingerprint density at radius 3 is 2.75 bits per heavy atom. The number of hydrogen-bond donors (Lipinski definition) is 0. The van der Waals surface area contributed by atoms with Crippen LogP contribution in [0.2, 0.25) is 5.15 Å². The Bertz CT molecular complexity index is 273. The molecule has 3 heteroatoms. The maximum atomic E-state index is 5.74. The van der Waals surface area contributed by atoms with Crippen molar-refractivity contribution >= 4 is 34.2 Å². The molecule has 0 atom stereocenters. The van der Waals surface area contributed by atoms with E-state index in [0.717, 1.165) is 6.42 Å². The van der Waals surface area contributed by atoms with Crippen LogP contribution in [0.4, 0.5) is 0 Å². The van der Waals surface area contributed by atoms with Crippen LogP contribution in [0.25, 0.3) is 0 Å². The highest BCUT2D eigenvalue weighted by molar-refractivity contribution is 14.1. The quantitative estimate of drug-likeness (QED) is 0.601. The number of halogens is 2. The molecule has 1 rings (SSSR count). The van der Waals surface area contributed by atoms with Gasteiger partial charge in [-0.3, -0.25) is 0 Å². The van der Waals surface area contributed by atoms with Crippen LogP contribution in [-0.4, -0.2) is 4.98 Å². The Labute approximate surface area is 91.7 Å². The van der Waals surface area contributed by atoms with Crippen LogP contribution in [0.3, 0.4) is 0 Å². The van der Waals surface area contributed by atoms with Crippen molar-refractivity contribution in [1.29, 1.82) is 0 Å². The van der Waals surface area contributed by atoms with E-state index in [2.05, 4.69) is 41.4 Å². The normalized spacial score (nSPS) is 10.8. The zero-order valence-electron chi connectivity index (χ0n) is 7.14. The van der Waals surface area contributed by atoms with Crippen LogP contribution in [0.1, 0.15) is 19.4 Å². The van der Waals surface area contributed by atoms with Crippen LogP contribution >= 0.6 is 34.2 Å². The minimum Gasteiger partial charge on any atom is -0.244 e. The second-order valence-corrected chi connectivity index (χ2v) is 4.75. The summed E-state index contributed by atoms with van der Waals surface area (Å²) < 4.78 is 1.21. The van der Waals surface area contributed by atoms with E-state index in [1.165, 1.54) is 9.13 Å². The van der Waals surface area contributed by atoms with Gasteiger partial charge in [0.2, 0.25) is 0 Å². The molecule has 0 aromatic carbocycles. The molecule has 0 fully saturated rings. The smallest absolute Gasteiger partial charge is 0.130 e. The molecule has 0 spiro atoms. The van der Waals surface area contributed by atoms with Gasteiger partial charge in [-0.2, -0.15) is 0 Å². The molecule has 0 saturated carbocycles. The number of nitrogens with zero attached hydrogens (tertiary/aromatic N) is 1. The molecule has 0 amide bonds. The minimum absolute atomic E-state index is 0.576. The monoisotopic (exact) mass is 295 g/mol. The Kier molecular flexibility index (Phi) is 3.77. The highest BCUT2D eigenvalue weighted by Crippen LogP contribution is 2.18. The van der Waals surface area contributed by atoms with Crippen molar-refractivity contribution < 1.29 is 0 Å². The first-order valence-corrected chi connectivity index (χ1v) is 5.35. The fourth-order valence-electron chi connectivity index (χ4n) is 1.03. The van der Waals surface area contributed by atoms with E-state index in [9.17, 15) is 0 Å². The Morgan fingerprint density at radius 1 is 1.58 bits per heavy atom. The molecule has 0 radical (unpaired) electrons. The lowest BCUT2D eigenvalue weighted by molar-refractivity contribution is 0.644. The van der Waals surface area contributed by atoms with Crippen molar-refractivity contribution in [2.24, 2.45) is 5.92 Å². The van der Waals surface area contributed by atoms with Gasteiger partial charge in [0.05, 0.1) is 0 Å². The van der Waals surface area contributed by atoms with Gasteiger partial charge in [0.25, 0.3) is 0 Å². The highest BCUT2D eigenvalue weighted by atomic mass is 127. The maximum Gasteiger partial charge on any atom is 0.130 e. The standard InChI is InChI=1S/C9H11ClIN/c1-6(2)3-7-5-12-9(10)4-8(7)11/h4-6H,3H2,1-2H3. The molecule has 0 unspecified atom stereocenters. The third-order valence-electron chi connectivity index (χ3n) is 1.52. The first kappa shape index (κ1) is 10.3. The molecule has 0 aliphatic rings. The Morgan fingerprint density at radius 2 is 2.25 bits per heavy atom. The summed E-state index contributed by atoms with van der Waals surface area (Å²) in [5, 5.41) is 0.576. The third-order valence-corrected chi connectivity index (χ3v) is 2.74. The third kappa shape index (κ3) is 2.90. The maximum absolute atomic E-state index is 5.74. The Balaban J connectivity index is 2.86. The summed E-state index contributed by atoms with van der Waals surface area (Å²) in [6.45, 7) is 4.40. The summed E-state index contributed by atoms with van der Waals surface area (Å²) in [5.74, 6) is 0.668. The van der Waals surface area contributed by atoms with Gasteiger partial charge in [0.1, 0.15) is 5.15 Å². The van der Waals surface area contributed by atoms with Crippen LogP contribution in [0.5, 0.6) is 0 Å². The molecule has 12 heavy (non-hydrogen) atoms. The van der Waals surface area contributed by atoms with Crippen LogP contribution in [0.15, 0.2) is 12.3 Å². The molecule has 0 aliphatic carbocycles. The molecule has 1 nitrogen and oxygen atoms in total. The number of rotatable bonds is 2. The van der Waals surface area contributed by atoms with Crippen molar-refractivity contribution in [3.63, 3.8) is 0 Å². The van der Waals surface area contributed by atoms with Crippen LogP contribution in [0, 0.1) is 9.49 Å². The van der Waals surface area contributed by atoms with Gasteiger partial charge in [0, 0.05) is 9.77 Å². The summed E-state index contributed by atoms with van der Waals surface area (Å²) in [7, 11) is 0. The lowest BCUT2D eigenvalue weighted by atomic mass is 10.1. The van der Waals surface area contributed by atoms with Crippen molar-refractivity contribution in [2.45, 2.75) is 20.3 Å². The SMILES string of the molecule is CC(C)Cc1cnc(Cl)cc1I. The van der Waals surface area contributed by atoms with Crippen molar-refractivity contribution in [2.75, 3.05) is 0 Å². The van der Waals surface area contributed by atoms with Gasteiger partial charge in [-0.15, -0.1) is 0 Å². The van der Waals surface area contributed by atoms with E-state index in [1.807, 2.05) is 12.3 Å². The number of hydrogen-bond acceptors (Lipinski definition) is 1. The fraction of sp³-hybridized carbons (Fsp3) is 0.444. The van der Waals surface area contributed by atoms with Gasteiger partial charge >= 0.3 is 0 Å². The van der Waals surface area contributed by atoms with E-state index in [1.54, 1.807) is 0 Å². The van der Waals surface area contributed by atoms with Crippen LogP contribution in [-0.2, 0) is 6.42 Å². The van der Waals surface area contributed by atoms with E-state index in [4.69, 9.17) is 11.6 Å². The molecule has 1 heterocycles. The van der Waals surface area contributed by atoms with E-state index in [0.29, 0.717) is 11.1 Å². The van der Waals surface area contributed by atoms with E-state index in [-0.39, 0.29) is 0 Å². The summed E-state index contributed by atoms with van der Waals surface area (Å²) in [4.78, 5) is 4.05. The molecular weight excluding hydrogens is 284 g/mol. The predicted molar refractivity (Wildman–Crippen MR) is 60.5 cm³/mol. The fourth-order valence-corrected chi connectivity index (χ4v) is 2.02. The average molecular weight is 296 g/mol. The highest BCUT2D eigenvalue weighted by Gasteiger charge is 2.03. The second-order valence-electron chi connectivity index (χ2n) is 3.20. The first-order valence-electron chi connectivity index (χ1n) is 3.89. The van der Waals surface area contributed by atoms with Gasteiger partial charge < -0.3 is 0 Å².